The van der Waals surface area contributed by atoms with Gasteiger partial charge in [-0.3, -0.25) is 9.69 Å². The number of aryl methyl sites for hydroxylation is 2. The molecule has 0 aliphatic carbocycles. The van der Waals surface area contributed by atoms with E-state index in [0.717, 1.165) is 38.4 Å². The molecule has 1 aromatic carbocycles. The quantitative estimate of drug-likeness (QED) is 0.822. The van der Waals surface area contributed by atoms with Crippen molar-refractivity contribution in [3.8, 4) is 0 Å². The molecule has 1 aliphatic heterocycles. The van der Waals surface area contributed by atoms with Crippen molar-refractivity contribution in [2.45, 2.75) is 46.6 Å². The first-order valence-corrected chi connectivity index (χ1v) is 9.55. The van der Waals surface area contributed by atoms with Gasteiger partial charge in [-0.25, -0.2) is 0 Å². The summed E-state index contributed by atoms with van der Waals surface area (Å²) in [6, 6.07) is 8.89. The van der Waals surface area contributed by atoms with E-state index >= 15 is 0 Å². The number of benzene rings is 1. The van der Waals surface area contributed by atoms with Gasteiger partial charge in [0.25, 0.3) is 5.91 Å². The topological polar surface area (TPSA) is 49.6 Å². The largest absolute Gasteiger partial charge is 0.361 e. The Morgan fingerprint density at radius 2 is 1.81 bits per heavy atom. The summed E-state index contributed by atoms with van der Waals surface area (Å²) in [4.78, 5) is 17.2. The van der Waals surface area contributed by atoms with Gasteiger partial charge < -0.3 is 9.42 Å². The lowest BCUT2D eigenvalue weighted by Crippen LogP contribution is -2.48. The van der Waals surface area contributed by atoms with E-state index in [-0.39, 0.29) is 5.91 Å². The average Bonchev–Trinajstić information content (AvgIpc) is 3.03. The molecule has 1 aromatic heterocycles. The summed E-state index contributed by atoms with van der Waals surface area (Å²) in [5.74, 6) is 1.24. The fourth-order valence-corrected chi connectivity index (χ4v) is 3.47. The Morgan fingerprint density at radius 1 is 1.15 bits per heavy atom. The summed E-state index contributed by atoms with van der Waals surface area (Å²) in [6.45, 7) is 12.5. The van der Waals surface area contributed by atoms with Crippen LogP contribution in [-0.4, -0.2) is 47.0 Å². The predicted octanol–water partition coefficient (Wildman–Crippen LogP) is 3.63. The van der Waals surface area contributed by atoms with Gasteiger partial charge in [0.1, 0.15) is 11.3 Å². The van der Waals surface area contributed by atoms with Gasteiger partial charge in [0.05, 0.1) is 5.69 Å². The number of rotatable bonds is 5. The molecule has 1 aliphatic rings. The van der Waals surface area contributed by atoms with Crippen LogP contribution in [0.5, 0.6) is 0 Å². The van der Waals surface area contributed by atoms with Crippen molar-refractivity contribution < 1.29 is 9.32 Å². The summed E-state index contributed by atoms with van der Waals surface area (Å²) in [5, 5.41) is 4.01. The van der Waals surface area contributed by atoms with Crippen molar-refractivity contribution in [3.63, 3.8) is 0 Å². The molecule has 5 nitrogen and oxygen atoms in total. The zero-order valence-electron chi connectivity index (χ0n) is 16.3. The Morgan fingerprint density at radius 3 is 2.38 bits per heavy atom. The third-order valence-electron chi connectivity index (χ3n) is 5.19. The van der Waals surface area contributed by atoms with E-state index in [1.165, 1.54) is 11.1 Å². The second-order valence-corrected chi connectivity index (χ2v) is 7.38. The van der Waals surface area contributed by atoms with Gasteiger partial charge in [-0.1, -0.05) is 50.2 Å². The van der Waals surface area contributed by atoms with Crippen LogP contribution in [-0.2, 0) is 13.0 Å². The molecule has 0 saturated carbocycles. The Bertz CT molecular complexity index is 741. The first-order chi connectivity index (χ1) is 12.5. The second kappa shape index (κ2) is 8.04. The molecule has 0 radical (unpaired) electrons. The smallest absolute Gasteiger partial charge is 0.259 e. The maximum absolute atomic E-state index is 12.8. The van der Waals surface area contributed by atoms with Gasteiger partial charge in [-0.2, -0.15) is 0 Å². The van der Waals surface area contributed by atoms with E-state index in [0.29, 0.717) is 23.7 Å². The highest BCUT2D eigenvalue weighted by Crippen LogP contribution is 2.19. The minimum Gasteiger partial charge on any atom is -0.361 e. The number of piperazine rings is 1. The Balaban J connectivity index is 1.57. The molecule has 0 bridgehead atoms. The summed E-state index contributed by atoms with van der Waals surface area (Å²) in [5.41, 5.74) is 4.13. The minimum absolute atomic E-state index is 0.0570. The van der Waals surface area contributed by atoms with Crippen LogP contribution in [0.15, 0.2) is 28.8 Å². The fraction of sp³-hybridized carbons (Fsp3) is 0.524. The maximum atomic E-state index is 12.8. The van der Waals surface area contributed by atoms with Crippen LogP contribution in [0, 0.1) is 6.92 Å². The van der Waals surface area contributed by atoms with Crippen LogP contribution in [0.1, 0.15) is 59.6 Å². The van der Waals surface area contributed by atoms with Crippen LogP contribution < -0.4 is 0 Å². The highest BCUT2D eigenvalue weighted by Gasteiger charge is 2.27. The third kappa shape index (κ3) is 3.98. The number of aromatic nitrogens is 1. The molecule has 26 heavy (non-hydrogen) atoms. The number of carbonyl (C=O) groups excluding carboxylic acids is 1. The van der Waals surface area contributed by atoms with E-state index in [4.69, 9.17) is 4.52 Å². The van der Waals surface area contributed by atoms with Crippen molar-refractivity contribution in [2.24, 2.45) is 0 Å². The highest BCUT2D eigenvalue weighted by molar-refractivity contribution is 5.96. The number of hydrogen-bond acceptors (Lipinski definition) is 4. The molecule has 0 unspecified atom stereocenters. The number of nitrogens with zero attached hydrogens (tertiary/aromatic N) is 3. The standard InChI is InChI=1S/C21H29N3O2/c1-5-19-20(16(4)26-22-19)21(25)24-12-10-23(11-13-24)14-17-6-8-18(9-7-17)15(2)3/h6-9,15H,5,10-14H2,1-4H3. The summed E-state index contributed by atoms with van der Waals surface area (Å²) in [6.07, 6.45) is 0.713. The molecule has 1 saturated heterocycles. The van der Waals surface area contributed by atoms with Crippen molar-refractivity contribution in [1.82, 2.24) is 15.0 Å². The SMILES string of the molecule is CCc1noc(C)c1C(=O)N1CCN(Cc2ccc(C(C)C)cc2)CC1. The van der Waals surface area contributed by atoms with E-state index < -0.39 is 0 Å². The van der Waals surface area contributed by atoms with Gasteiger partial charge in [-0.15, -0.1) is 0 Å². The number of carbonyl (C=O) groups is 1. The Hall–Kier alpha value is -2.14. The number of hydrogen-bond donors (Lipinski definition) is 0. The monoisotopic (exact) mass is 355 g/mol. The lowest BCUT2D eigenvalue weighted by atomic mass is 10.0. The van der Waals surface area contributed by atoms with Crippen LogP contribution >= 0.6 is 0 Å². The zero-order valence-corrected chi connectivity index (χ0v) is 16.3. The van der Waals surface area contributed by atoms with E-state index in [2.05, 4.69) is 48.2 Å². The molecule has 1 fully saturated rings. The molecular formula is C21H29N3O2. The lowest BCUT2D eigenvalue weighted by Gasteiger charge is -2.34. The molecule has 0 spiro atoms. The molecule has 2 aromatic rings. The van der Waals surface area contributed by atoms with Crippen molar-refractivity contribution >= 4 is 5.91 Å². The first kappa shape index (κ1) is 18.6. The summed E-state index contributed by atoms with van der Waals surface area (Å²) >= 11 is 0. The maximum Gasteiger partial charge on any atom is 0.259 e. The normalized spacial score (nSPS) is 15.7. The Labute approximate surface area is 156 Å². The summed E-state index contributed by atoms with van der Waals surface area (Å²) < 4.78 is 5.22. The van der Waals surface area contributed by atoms with Gasteiger partial charge in [0.2, 0.25) is 0 Å². The van der Waals surface area contributed by atoms with E-state index in [1.807, 2.05) is 18.7 Å². The highest BCUT2D eigenvalue weighted by atomic mass is 16.5. The van der Waals surface area contributed by atoms with Gasteiger partial charge in [-0.05, 0) is 30.4 Å². The predicted molar refractivity (Wildman–Crippen MR) is 102 cm³/mol. The average molecular weight is 355 g/mol. The van der Waals surface area contributed by atoms with E-state index in [9.17, 15) is 4.79 Å². The molecule has 140 valence electrons. The lowest BCUT2D eigenvalue weighted by molar-refractivity contribution is 0.0626. The van der Waals surface area contributed by atoms with Crippen molar-refractivity contribution in [2.75, 3.05) is 26.2 Å². The van der Waals surface area contributed by atoms with E-state index in [1.54, 1.807) is 0 Å². The van der Waals surface area contributed by atoms with Crippen LogP contribution in [0.25, 0.3) is 0 Å². The molecule has 0 atom stereocenters. The molecule has 2 heterocycles. The molecule has 1 amide bonds. The molecular weight excluding hydrogens is 326 g/mol. The fourth-order valence-electron chi connectivity index (χ4n) is 3.47. The zero-order chi connectivity index (χ0) is 18.7. The molecule has 5 heteroatoms. The second-order valence-electron chi connectivity index (χ2n) is 7.38. The molecule has 0 N–H and O–H groups in total. The first-order valence-electron chi connectivity index (χ1n) is 9.55. The van der Waals surface area contributed by atoms with Crippen LogP contribution in [0.3, 0.4) is 0 Å². The van der Waals surface area contributed by atoms with Gasteiger partial charge >= 0.3 is 0 Å². The number of amides is 1. The molecule has 3 rings (SSSR count). The third-order valence-corrected chi connectivity index (χ3v) is 5.19. The van der Waals surface area contributed by atoms with Gasteiger partial charge in [0.15, 0.2) is 0 Å². The van der Waals surface area contributed by atoms with Crippen molar-refractivity contribution in [1.29, 1.82) is 0 Å². The summed E-state index contributed by atoms with van der Waals surface area (Å²) in [7, 11) is 0. The van der Waals surface area contributed by atoms with Crippen LogP contribution in [0.4, 0.5) is 0 Å². The van der Waals surface area contributed by atoms with Crippen LogP contribution in [0.2, 0.25) is 0 Å². The van der Waals surface area contributed by atoms with Crippen molar-refractivity contribution in [3.05, 3.63) is 52.4 Å². The minimum atomic E-state index is 0.0570. The van der Waals surface area contributed by atoms with Gasteiger partial charge in [0, 0.05) is 32.7 Å². The Kier molecular flexibility index (Phi) is 5.77.